The molecule has 0 aliphatic carbocycles. The van der Waals surface area contributed by atoms with Gasteiger partial charge in [0, 0.05) is 19.2 Å². The first-order valence-corrected chi connectivity index (χ1v) is 8.42. The topological polar surface area (TPSA) is 114 Å². The number of anilines is 1. The number of methoxy groups -OCH3 is 1. The molecule has 29 heavy (non-hydrogen) atoms. The number of aliphatic carboxylic acids is 2. The summed E-state index contributed by atoms with van der Waals surface area (Å²) in [6, 6.07) is 14.3. The Kier molecular flexibility index (Phi) is 7.30. The second-order valence-electron chi connectivity index (χ2n) is 5.84. The molecule has 2 aromatic carbocycles. The zero-order valence-corrected chi connectivity index (χ0v) is 15.8. The molecule has 0 unspecified atom stereocenters. The third kappa shape index (κ3) is 6.06. The quantitative estimate of drug-likeness (QED) is 0.563. The summed E-state index contributed by atoms with van der Waals surface area (Å²) in [5, 5.41) is 18.1. The number of halogens is 1. The maximum atomic E-state index is 13.0. The zero-order valence-electron chi connectivity index (χ0n) is 15.8. The molecule has 0 saturated heterocycles. The molecule has 1 heterocycles. The molecule has 3 rings (SSSR count). The van der Waals surface area contributed by atoms with Crippen LogP contribution in [0.5, 0.6) is 5.75 Å². The van der Waals surface area contributed by atoms with Crippen molar-refractivity contribution in [3.8, 4) is 17.0 Å². The lowest BCUT2D eigenvalue weighted by Gasteiger charge is -2.09. The minimum atomic E-state index is -1.82. The Morgan fingerprint density at radius 2 is 1.66 bits per heavy atom. The van der Waals surface area contributed by atoms with E-state index >= 15 is 0 Å². The van der Waals surface area contributed by atoms with Gasteiger partial charge < -0.3 is 24.8 Å². The molecule has 0 atom stereocenters. The van der Waals surface area contributed by atoms with Crippen LogP contribution in [0.3, 0.4) is 0 Å². The molecule has 152 valence electrons. The summed E-state index contributed by atoms with van der Waals surface area (Å²) in [5.74, 6) is -2.29. The van der Waals surface area contributed by atoms with Crippen LogP contribution in [-0.4, -0.2) is 38.8 Å². The molecule has 0 aliphatic heterocycles. The molecule has 3 N–H and O–H groups in total. The van der Waals surface area contributed by atoms with Gasteiger partial charge in [0.1, 0.15) is 11.6 Å². The van der Waals surface area contributed by atoms with Crippen molar-refractivity contribution in [3.63, 3.8) is 0 Å². The standard InChI is InChI=1S/C18H18FN3O.C2H2O4/c1-22-17(14-5-7-15(19)8-6-14)12-21-18(22)20-11-13-3-9-16(23-2)10-4-13;3-1(4)2(5)6/h3-10,12H,11H2,1-2H3,(H,20,21);(H,3,4)(H,5,6). The molecule has 0 aliphatic rings. The predicted octanol–water partition coefficient (Wildman–Crippen LogP) is 3.00. The highest BCUT2D eigenvalue weighted by molar-refractivity contribution is 6.27. The highest BCUT2D eigenvalue weighted by Gasteiger charge is 2.08. The van der Waals surface area contributed by atoms with Crippen molar-refractivity contribution in [1.29, 1.82) is 0 Å². The van der Waals surface area contributed by atoms with Crippen LogP contribution in [0.1, 0.15) is 5.56 Å². The van der Waals surface area contributed by atoms with E-state index in [1.807, 2.05) is 35.9 Å². The second kappa shape index (κ2) is 9.88. The van der Waals surface area contributed by atoms with Crippen LogP contribution in [0.2, 0.25) is 0 Å². The first-order chi connectivity index (χ1) is 13.8. The first kappa shape index (κ1) is 21.4. The molecule has 0 radical (unpaired) electrons. The van der Waals surface area contributed by atoms with Crippen molar-refractivity contribution in [2.45, 2.75) is 6.54 Å². The summed E-state index contributed by atoms with van der Waals surface area (Å²) in [7, 11) is 3.58. The van der Waals surface area contributed by atoms with Gasteiger partial charge in [0.25, 0.3) is 0 Å². The molecule has 0 amide bonds. The van der Waals surface area contributed by atoms with Crippen LogP contribution in [0.15, 0.2) is 54.7 Å². The maximum Gasteiger partial charge on any atom is 0.414 e. The third-order valence-corrected chi connectivity index (χ3v) is 3.92. The Labute approximate surface area is 166 Å². The van der Waals surface area contributed by atoms with E-state index in [-0.39, 0.29) is 5.82 Å². The fourth-order valence-corrected chi connectivity index (χ4v) is 2.39. The van der Waals surface area contributed by atoms with Crippen LogP contribution in [0.25, 0.3) is 11.3 Å². The molecule has 0 saturated carbocycles. The lowest BCUT2D eigenvalue weighted by molar-refractivity contribution is -0.159. The third-order valence-electron chi connectivity index (χ3n) is 3.92. The van der Waals surface area contributed by atoms with Crippen molar-refractivity contribution in [1.82, 2.24) is 9.55 Å². The van der Waals surface area contributed by atoms with E-state index in [0.29, 0.717) is 6.54 Å². The minimum Gasteiger partial charge on any atom is -0.497 e. The highest BCUT2D eigenvalue weighted by atomic mass is 19.1. The second-order valence-corrected chi connectivity index (χ2v) is 5.84. The molecule has 0 bridgehead atoms. The molecule has 1 aromatic heterocycles. The number of rotatable bonds is 5. The summed E-state index contributed by atoms with van der Waals surface area (Å²) in [5.41, 5.74) is 3.00. The van der Waals surface area contributed by atoms with Crippen LogP contribution in [0.4, 0.5) is 10.3 Å². The fourth-order valence-electron chi connectivity index (χ4n) is 2.39. The van der Waals surface area contributed by atoms with Crippen LogP contribution >= 0.6 is 0 Å². The number of benzene rings is 2. The first-order valence-electron chi connectivity index (χ1n) is 8.42. The smallest absolute Gasteiger partial charge is 0.414 e. The molecule has 0 spiro atoms. The number of carbonyl (C=O) groups is 2. The number of hydrogen-bond donors (Lipinski definition) is 3. The van der Waals surface area contributed by atoms with Gasteiger partial charge >= 0.3 is 11.9 Å². The Morgan fingerprint density at radius 3 is 2.17 bits per heavy atom. The van der Waals surface area contributed by atoms with Crippen LogP contribution in [-0.2, 0) is 23.2 Å². The minimum absolute atomic E-state index is 0.242. The number of carboxylic acid groups (broad SMARTS) is 2. The summed E-state index contributed by atoms with van der Waals surface area (Å²) in [4.78, 5) is 22.6. The van der Waals surface area contributed by atoms with Crippen molar-refractivity contribution in [2.75, 3.05) is 12.4 Å². The summed E-state index contributed by atoms with van der Waals surface area (Å²) < 4.78 is 20.1. The van der Waals surface area contributed by atoms with E-state index in [4.69, 9.17) is 24.5 Å². The number of hydrogen-bond acceptors (Lipinski definition) is 5. The number of carboxylic acids is 2. The van der Waals surface area contributed by atoms with Gasteiger partial charge in [-0.05, 0) is 42.0 Å². The normalized spacial score (nSPS) is 9.90. The van der Waals surface area contributed by atoms with E-state index in [9.17, 15) is 4.39 Å². The SMILES string of the molecule is COc1ccc(CNc2ncc(-c3ccc(F)cc3)n2C)cc1.O=C(O)C(=O)O. The number of aromatic nitrogens is 2. The van der Waals surface area contributed by atoms with Gasteiger partial charge in [-0.1, -0.05) is 12.1 Å². The Morgan fingerprint density at radius 1 is 1.07 bits per heavy atom. The average Bonchev–Trinajstić information content (AvgIpc) is 3.08. The van der Waals surface area contributed by atoms with Crippen molar-refractivity contribution in [3.05, 3.63) is 66.1 Å². The number of nitrogens with zero attached hydrogens (tertiary/aromatic N) is 2. The highest BCUT2D eigenvalue weighted by Crippen LogP contribution is 2.22. The van der Waals surface area contributed by atoms with E-state index in [2.05, 4.69) is 10.3 Å². The lowest BCUT2D eigenvalue weighted by atomic mass is 10.2. The Bertz CT molecular complexity index is 957. The average molecular weight is 401 g/mol. The molecule has 0 fully saturated rings. The van der Waals surface area contributed by atoms with Crippen molar-refractivity contribution >= 4 is 17.9 Å². The fraction of sp³-hybridized carbons (Fsp3) is 0.150. The van der Waals surface area contributed by atoms with Gasteiger partial charge in [-0.25, -0.2) is 19.0 Å². The predicted molar refractivity (Wildman–Crippen MR) is 104 cm³/mol. The Hall–Kier alpha value is -3.88. The molecular formula is C20H20FN3O5. The van der Waals surface area contributed by atoms with E-state index < -0.39 is 11.9 Å². The van der Waals surface area contributed by atoms with Crippen molar-refractivity contribution in [2.24, 2.45) is 7.05 Å². The van der Waals surface area contributed by atoms with Gasteiger partial charge in [-0.15, -0.1) is 0 Å². The van der Waals surface area contributed by atoms with Crippen LogP contribution < -0.4 is 10.1 Å². The van der Waals surface area contributed by atoms with E-state index in [1.165, 1.54) is 12.1 Å². The number of ether oxygens (including phenoxy) is 1. The van der Waals surface area contributed by atoms with Gasteiger partial charge in [0.15, 0.2) is 0 Å². The zero-order chi connectivity index (χ0) is 21.4. The summed E-state index contributed by atoms with van der Waals surface area (Å²) in [6.07, 6.45) is 1.78. The summed E-state index contributed by atoms with van der Waals surface area (Å²) in [6.45, 7) is 0.664. The molecule has 3 aromatic rings. The maximum absolute atomic E-state index is 13.0. The van der Waals surface area contributed by atoms with E-state index in [0.717, 1.165) is 28.5 Å². The van der Waals surface area contributed by atoms with Gasteiger partial charge in [0.05, 0.1) is 19.0 Å². The number of imidazole rings is 1. The van der Waals surface area contributed by atoms with Crippen molar-refractivity contribution < 1.29 is 28.9 Å². The monoisotopic (exact) mass is 401 g/mol. The van der Waals surface area contributed by atoms with E-state index in [1.54, 1.807) is 25.4 Å². The summed E-state index contributed by atoms with van der Waals surface area (Å²) >= 11 is 0. The van der Waals surface area contributed by atoms with Gasteiger partial charge in [-0.2, -0.15) is 0 Å². The molecule has 8 nitrogen and oxygen atoms in total. The Balaban J connectivity index is 0.000000438. The largest absolute Gasteiger partial charge is 0.497 e. The number of nitrogens with one attached hydrogen (secondary N) is 1. The molecule has 9 heteroatoms. The van der Waals surface area contributed by atoms with Crippen LogP contribution in [0, 0.1) is 5.82 Å². The van der Waals surface area contributed by atoms with Gasteiger partial charge in [0.2, 0.25) is 5.95 Å². The van der Waals surface area contributed by atoms with Gasteiger partial charge in [-0.3, -0.25) is 0 Å². The lowest BCUT2D eigenvalue weighted by Crippen LogP contribution is -2.09. The molecular weight excluding hydrogens is 381 g/mol.